The molecule has 3 aliphatic rings. The number of hydrogen-bond acceptors (Lipinski definition) is 4. The average molecular weight is 525 g/mol. The summed E-state index contributed by atoms with van der Waals surface area (Å²) in [5, 5.41) is 5.30. The number of hydrogen-bond donors (Lipinski definition) is 0. The van der Waals surface area contributed by atoms with Gasteiger partial charge in [0.1, 0.15) is 23.0 Å². The first-order chi connectivity index (χ1) is 11.1. The van der Waals surface area contributed by atoms with Crippen LogP contribution in [0.25, 0.3) is 16.2 Å². The maximum atomic E-state index is 14.7. The van der Waals surface area contributed by atoms with Crippen LogP contribution in [-0.2, 0) is 20.4 Å². The van der Waals surface area contributed by atoms with Crippen LogP contribution in [0.4, 0.5) is 10.2 Å². The number of fused-ring (bicyclic) bond motifs is 6. The minimum absolute atomic E-state index is 0. The zero-order valence-corrected chi connectivity index (χ0v) is 16.5. The first-order valence-electron chi connectivity index (χ1n) is 7.17. The van der Waals surface area contributed by atoms with E-state index in [0.29, 0.717) is 23.6 Å². The molecule has 1 aromatic carbocycles. The molecule has 2 saturated heterocycles. The molecule has 130 valence electrons. The Bertz CT molecular complexity index is 873. The van der Waals surface area contributed by atoms with E-state index < -0.39 is 5.82 Å². The fraction of sp³-hybridized carbons (Fsp3) is 0.429. The third-order valence-electron chi connectivity index (χ3n) is 4.78. The molecular weight excluding hydrogens is 516 g/mol. The third kappa shape index (κ3) is 2.17. The van der Waals surface area contributed by atoms with Gasteiger partial charge < -0.3 is 15.0 Å². The molecule has 3 unspecified atom stereocenters. The molecule has 24 heavy (non-hydrogen) atoms. The molecule has 0 spiro atoms. The summed E-state index contributed by atoms with van der Waals surface area (Å²) >= 11 is 15.5. The summed E-state index contributed by atoms with van der Waals surface area (Å²) < 4.78 is 20.7. The Balaban J connectivity index is 0.00000146. The number of aromatic nitrogens is 2. The number of benzene rings is 1. The van der Waals surface area contributed by atoms with Crippen LogP contribution in [0, 0.1) is 5.82 Å². The van der Waals surface area contributed by atoms with Crippen molar-refractivity contribution in [2.75, 3.05) is 18.1 Å². The average Bonchev–Trinajstić information content (AvgIpc) is 3.09. The summed E-state index contributed by atoms with van der Waals surface area (Å²) in [6.07, 6.45) is 0.958. The predicted molar refractivity (Wildman–Crippen MR) is 89.4 cm³/mol. The van der Waals surface area contributed by atoms with E-state index in [1.807, 2.05) is 0 Å². The Morgan fingerprint density at radius 3 is 2.92 bits per heavy atom. The largest absolute Gasteiger partial charge is 0.656 e. The van der Waals surface area contributed by atoms with Crippen molar-refractivity contribution in [2.45, 2.75) is 24.5 Å². The second-order valence-electron chi connectivity index (χ2n) is 5.92. The van der Waals surface area contributed by atoms with Gasteiger partial charge in [-0.1, -0.05) is 11.6 Å². The van der Waals surface area contributed by atoms with Gasteiger partial charge in [0.15, 0.2) is 11.6 Å². The van der Waals surface area contributed by atoms with E-state index in [1.165, 1.54) is 0 Å². The standard InChI is InChI=1S/C14H9BrCl2FN4O.Pd/c15-8-9(16)12-7-11(10(8)18)20-14(17)21-13(7)22-4-1-5(19-2-4)6(22)3-23-12;/h4-6H,1-3H2;/q-1;. The Kier molecular flexibility index (Phi) is 4.23. The number of nitrogens with zero attached hydrogens (tertiary/aromatic N) is 4. The van der Waals surface area contributed by atoms with E-state index >= 15 is 0 Å². The zero-order valence-electron chi connectivity index (χ0n) is 11.9. The van der Waals surface area contributed by atoms with Gasteiger partial charge in [-0.15, -0.1) is 12.6 Å². The smallest absolute Gasteiger partial charge is 0.225 e. The predicted octanol–water partition coefficient (Wildman–Crippen LogP) is 3.93. The van der Waals surface area contributed by atoms with Crippen molar-refractivity contribution in [3.63, 3.8) is 0 Å². The second kappa shape index (κ2) is 5.90. The molecule has 0 amide bonds. The van der Waals surface area contributed by atoms with Gasteiger partial charge in [-0.3, -0.25) is 0 Å². The van der Waals surface area contributed by atoms with E-state index in [4.69, 9.17) is 27.9 Å². The molecule has 0 N–H and O–H groups in total. The van der Waals surface area contributed by atoms with E-state index in [-0.39, 0.29) is 58.8 Å². The first-order valence-corrected chi connectivity index (χ1v) is 8.72. The van der Waals surface area contributed by atoms with Crippen molar-refractivity contribution >= 4 is 55.9 Å². The molecule has 0 radical (unpaired) electrons. The van der Waals surface area contributed by atoms with Gasteiger partial charge >= 0.3 is 0 Å². The van der Waals surface area contributed by atoms with Gasteiger partial charge in [0.05, 0.1) is 9.86 Å². The molecule has 5 rings (SSSR count). The summed E-state index contributed by atoms with van der Waals surface area (Å²) in [6, 6.07) is 0.498. The Morgan fingerprint density at radius 2 is 2.12 bits per heavy atom. The van der Waals surface area contributed by atoms with Gasteiger partial charge in [0, 0.05) is 32.5 Å². The number of ether oxygens (including phenoxy) is 1. The Labute approximate surface area is 169 Å². The summed E-state index contributed by atoms with van der Waals surface area (Å²) in [5.41, 5.74) is 0.117. The molecule has 2 bridgehead atoms. The van der Waals surface area contributed by atoms with Crippen LogP contribution in [0.15, 0.2) is 4.47 Å². The molecule has 0 saturated carbocycles. The fourth-order valence-electron chi connectivity index (χ4n) is 3.83. The molecule has 1 aromatic heterocycles. The maximum Gasteiger partial charge on any atom is 0.225 e. The van der Waals surface area contributed by atoms with Gasteiger partial charge in [0.25, 0.3) is 0 Å². The van der Waals surface area contributed by atoms with Crippen LogP contribution in [0.3, 0.4) is 0 Å². The van der Waals surface area contributed by atoms with Crippen LogP contribution in [0.1, 0.15) is 6.42 Å². The maximum absolute atomic E-state index is 14.7. The van der Waals surface area contributed by atoms with E-state index in [2.05, 4.69) is 36.1 Å². The van der Waals surface area contributed by atoms with E-state index in [9.17, 15) is 4.39 Å². The minimum Gasteiger partial charge on any atom is -0.656 e. The first kappa shape index (κ1) is 17.2. The molecular formula is C14H9BrCl2FN4OPd-. The van der Waals surface area contributed by atoms with Crippen molar-refractivity contribution in [2.24, 2.45) is 0 Å². The number of anilines is 1. The summed E-state index contributed by atoms with van der Waals surface area (Å²) in [6.45, 7) is 1.16. The van der Waals surface area contributed by atoms with Crippen molar-refractivity contribution in [1.82, 2.24) is 9.97 Å². The molecule has 2 aromatic rings. The summed E-state index contributed by atoms with van der Waals surface area (Å²) in [4.78, 5) is 10.6. The number of rotatable bonds is 0. The van der Waals surface area contributed by atoms with Crippen LogP contribution in [0.5, 0.6) is 5.75 Å². The van der Waals surface area contributed by atoms with Gasteiger partial charge in [0.2, 0.25) is 5.28 Å². The molecule has 3 aliphatic heterocycles. The Hall–Kier alpha value is -0.228. The van der Waals surface area contributed by atoms with Gasteiger partial charge in [-0.05, 0) is 34.0 Å². The molecule has 0 aliphatic carbocycles. The summed E-state index contributed by atoms with van der Waals surface area (Å²) in [5.74, 6) is 0.430. The van der Waals surface area contributed by atoms with Gasteiger partial charge in [-0.2, -0.15) is 4.98 Å². The third-order valence-corrected chi connectivity index (χ3v) is 6.29. The topological polar surface area (TPSA) is 52.4 Å². The van der Waals surface area contributed by atoms with E-state index in [1.54, 1.807) is 0 Å². The van der Waals surface area contributed by atoms with Crippen LogP contribution in [0.2, 0.25) is 10.3 Å². The molecule has 5 nitrogen and oxygen atoms in total. The normalized spacial score (nSPS) is 26.8. The van der Waals surface area contributed by atoms with Crippen LogP contribution >= 0.6 is 39.1 Å². The molecule has 10 heteroatoms. The zero-order chi connectivity index (χ0) is 15.9. The fourth-order valence-corrected chi connectivity index (χ4v) is 4.60. The molecule has 2 fully saturated rings. The SMILES string of the molecule is Fc1c(Br)c(Cl)c2c3c(nc(Cl)nc13)N1C3C[N-]C(C3)C1CO2.[Pd]. The molecule has 4 heterocycles. The van der Waals surface area contributed by atoms with Crippen molar-refractivity contribution in [3.05, 3.63) is 25.9 Å². The van der Waals surface area contributed by atoms with Crippen molar-refractivity contribution < 1.29 is 29.6 Å². The minimum atomic E-state index is -0.560. The van der Waals surface area contributed by atoms with Gasteiger partial charge in [-0.25, -0.2) is 9.37 Å². The Morgan fingerprint density at radius 1 is 1.33 bits per heavy atom. The second-order valence-corrected chi connectivity index (χ2v) is 7.43. The summed E-state index contributed by atoms with van der Waals surface area (Å²) in [7, 11) is 0. The van der Waals surface area contributed by atoms with Crippen molar-refractivity contribution in [1.29, 1.82) is 0 Å². The quantitative estimate of drug-likeness (QED) is 0.297. The van der Waals surface area contributed by atoms with Crippen molar-refractivity contribution in [3.8, 4) is 5.75 Å². The number of piperazine rings is 1. The monoisotopic (exact) mass is 523 g/mol. The number of halogens is 4. The molecule has 3 atom stereocenters. The van der Waals surface area contributed by atoms with Crippen LogP contribution < -0.4 is 9.64 Å². The van der Waals surface area contributed by atoms with E-state index in [0.717, 1.165) is 13.0 Å². The van der Waals surface area contributed by atoms with Crippen LogP contribution in [-0.4, -0.2) is 41.2 Å².